The molecule has 0 aromatic carbocycles. The number of carboxylic acid groups (broad SMARTS) is 2. The van der Waals surface area contributed by atoms with Crippen molar-refractivity contribution >= 4 is 51.6 Å². The second-order valence-electron chi connectivity index (χ2n) is 7.24. The molecule has 0 unspecified atom stereocenters. The summed E-state index contributed by atoms with van der Waals surface area (Å²) in [5.41, 5.74) is -0.443. The Morgan fingerprint density at radius 3 is 1.34 bits per heavy atom. The van der Waals surface area contributed by atoms with Gasteiger partial charge in [0, 0.05) is 11.1 Å². The zero-order chi connectivity index (χ0) is 21.4. The molecule has 0 aliphatic rings. The summed E-state index contributed by atoms with van der Waals surface area (Å²) < 4.78 is 30.2. The Labute approximate surface area is 197 Å². The molecule has 29 heavy (non-hydrogen) atoms. The Balaban J connectivity index is 0. The molecule has 0 spiro atoms. The fourth-order valence-electron chi connectivity index (χ4n) is 3.17. The molecule has 0 saturated carbocycles. The average molecular weight is 445 g/mol. The first-order chi connectivity index (χ1) is 13.2. The van der Waals surface area contributed by atoms with Gasteiger partial charge in [-0.05, 0) is 25.7 Å². The van der Waals surface area contributed by atoms with E-state index in [1.165, 1.54) is 44.9 Å². The first-order valence-electron chi connectivity index (χ1n) is 10.3. The summed E-state index contributed by atoms with van der Waals surface area (Å²) in [6, 6.07) is 0. The molecule has 0 rings (SSSR count). The molecule has 0 aliphatic heterocycles. The monoisotopic (exact) mass is 444 g/mol. The summed E-state index contributed by atoms with van der Waals surface area (Å²) in [7, 11) is -4.19. The van der Waals surface area contributed by atoms with Gasteiger partial charge in [0.2, 0.25) is 0 Å². The van der Waals surface area contributed by atoms with Crippen LogP contribution < -0.4 is 0 Å². The van der Waals surface area contributed by atoms with Crippen LogP contribution in [0.15, 0.2) is 11.1 Å². The molecule has 0 aliphatic carbocycles. The summed E-state index contributed by atoms with van der Waals surface area (Å²) in [4.78, 5) is 22.8. The number of aliphatic carboxylic acids is 2. The number of unbranched alkanes of at least 4 members (excludes halogenated alkanes) is 10. The second-order valence-corrected chi connectivity index (χ2v) is 8.81. The van der Waals surface area contributed by atoms with Gasteiger partial charge < -0.3 is 10.2 Å². The van der Waals surface area contributed by atoms with Crippen LogP contribution in [-0.2, 0) is 19.7 Å². The van der Waals surface area contributed by atoms with Gasteiger partial charge >= 0.3 is 41.5 Å². The molecule has 0 radical (unpaired) electrons. The van der Waals surface area contributed by atoms with Crippen LogP contribution in [0.5, 0.6) is 0 Å². The zero-order valence-electron chi connectivity index (χ0n) is 17.0. The Kier molecular flexibility index (Phi) is 19.5. The van der Waals surface area contributed by atoms with E-state index in [2.05, 4.69) is 6.92 Å². The van der Waals surface area contributed by atoms with Crippen LogP contribution in [0.2, 0.25) is 0 Å². The number of carboxylic acids is 2. The predicted octanol–water partition coefficient (Wildman–Crippen LogP) is 4.17. The number of hydrogen-bond acceptors (Lipinski definition) is 4. The molecule has 0 amide bonds. The van der Waals surface area contributed by atoms with Crippen LogP contribution in [0.25, 0.3) is 0 Å². The van der Waals surface area contributed by atoms with Crippen LogP contribution >= 0.6 is 0 Å². The summed E-state index contributed by atoms with van der Waals surface area (Å²) in [5, 5.41) is 18.6. The van der Waals surface area contributed by atoms with Crippen molar-refractivity contribution in [2.24, 2.45) is 0 Å². The maximum atomic E-state index is 11.4. The molecule has 166 valence electrons. The standard InChI is InChI=1S/C20H36O7S.Na.H/c1-2-3-4-5-6-7-8-9-10-11-12-14-17(19(21)22)18(20(23)24)15-13-16-28(25,26)27;;/h2-16H2,1H3,(H,21,22)(H,23,24)(H,25,26,27);;/b18-17-;;. The van der Waals surface area contributed by atoms with Gasteiger partial charge in [0.05, 0.1) is 5.75 Å². The second kappa shape index (κ2) is 18.4. The molecular weight excluding hydrogens is 407 g/mol. The first-order valence-corrected chi connectivity index (χ1v) is 11.9. The molecular formula is C20H37NaO7S. The van der Waals surface area contributed by atoms with E-state index in [0.29, 0.717) is 6.42 Å². The Hall–Kier alpha value is -0.410. The van der Waals surface area contributed by atoms with Gasteiger partial charge in [0.15, 0.2) is 0 Å². The minimum atomic E-state index is -4.19. The predicted molar refractivity (Wildman–Crippen MR) is 116 cm³/mol. The van der Waals surface area contributed by atoms with Gasteiger partial charge in [-0.3, -0.25) is 4.55 Å². The van der Waals surface area contributed by atoms with Crippen LogP contribution in [-0.4, -0.2) is 70.4 Å². The molecule has 7 nitrogen and oxygen atoms in total. The topological polar surface area (TPSA) is 129 Å². The van der Waals surface area contributed by atoms with E-state index in [9.17, 15) is 28.2 Å². The van der Waals surface area contributed by atoms with Gasteiger partial charge in [0.1, 0.15) is 0 Å². The molecule has 0 bridgehead atoms. The van der Waals surface area contributed by atoms with Crippen molar-refractivity contribution in [1.29, 1.82) is 0 Å². The van der Waals surface area contributed by atoms with Crippen LogP contribution in [0.3, 0.4) is 0 Å². The van der Waals surface area contributed by atoms with Crippen molar-refractivity contribution in [3.8, 4) is 0 Å². The molecule has 0 aromatic heterocycles. The van der Waals surface area contributed by atoms with Crippen molar-refractivity contribution in [3.05, 3.63) is 11.1 Å². The average Bonchev–Trinajstić information content (AvgIpc) is 2.59. The zero-order valence-corrected chi connectivity index (χ0v) is 17.8. The van der Waals surface area contributed by atoms with E-state index in [1.807, 2.05) is 0 Å². The Morgan fingerprint density at radius 2 is 1.00 bits per heavy atom. The fourth-order valence-corrected chi connectivity index (χ4v) is 3.68. The number of carbonyl (C=O) groups is 2. The van der Waals surface area contributed by atoms with Crippen LogP contribution in [0.4, 0.5) is 0 Å². The SMILES string of the molecule is CCCCCCCCCCCCC/C(C(=O)O)=C(\CCCS(=O)(=O)O)C(=O)O.[NaH]. The van der Waals surface area contributed by atoms with E-state index >= 15 is 0 Å². The normalized spacial score (nSPS) is 12.2. The van der Waals surface area contributed by atoms with Crippen molar-refractivity contribution in [2.45, 2.75) is 96.8 Å². The number of hydrogen-bond donors (Lipinski definition) is 3. The van der Waals surface area contributed by atoms with Gasteiger partial charge in [-0.25, -0.2) is 9.59 Å². The van der Waals surface area contributed by atoms with Gasteiger partial charge in [0.25, 0.3) is 10.1 Å². The molecule has 0 atom stereocenters. The molecule has 0 saturated heterocycles. The summed E-state index contributed by atoms with van der Waals surface area (Å²) in [6.45, 7) is 2.20. The van der Waals surface area contributed by atoms with E-state index in [-0.39, 0.29) is 60.0 Å². The minimum absolute atomic E-state index is 0. The van der Waals surface area contributed by atoms with Gasteiger partial charge in [-0.1, -0.05) is 71.1 Å². The summed E-state index contributed by atoms with van der Waals surface area (Å²) >= 11 is 0. The van der Waals surface area contributed by atoms with E-state index in [4.69, 9.17) is 4.55 Å². The summed E-state index contributed by atoms with van der Waals surface area (Å²) in [6.07, 6.45) is 12.1. The Morgan fingerprint density at radius 1 is 0.655 bits per heavy atom. The van der Waals surface area contributed by atoms with E-state index < -0.39 is 27.8 Å². The third-order valence-corrected chi connectivity index (χ3v) is 5.54. The molecule has 0 heterocycles. The van der Waals surface area contributed by atoms with Crippen molar-refractivity contribution < 1.29 is 32.8 Å². The third-order valence-electron chi connectivity index (χ3n) is 4.74. The van der Waals surface area contributed by atoms with Crippen molar-refractivity contribution in [1.82, 2.24) is 0 Å². The molecule has 0 aromatic rings. The van der Waals surface area contributed by atoms with E-state index in [0.717, 1.165) is 19.3 Å². The van der Waals surface area contributed by atoms with Crippen LogP contribution in [0.1, 0.15) is 96.8 Å². The fraction of sp³-hybridized carbons (Fsp3) is 0.800. The third kappa shape index (κ3) is 18.1. The Bertz CT molecular complexity index is 600. The van der Waals surface area contributed by atoms with Crippen LogP contribution in [0, 0.1) is 0 Å². The molecule has 0 fully saturated rings. The number of rotatable bonds is 18. The van der Waals surface area contributed by atoms with E-state index in [1.54, 1.807) is 0 Å². The first kappa shape index (κ1) is 30.8. The quantitative estimate of drug-likeness (QED) is 0.125. The maximum absolute atomic E-state index is 11.4. The summed E-state index contributed by atoms with van der Waals surface area (Å²) in [5.74, 6) is -3.22. The molecule has 3 N–H and O–H groups in total. The van der Waals surface area contributed by atoms with Crippen molar-refractivity contribution in [2.75, 3.05) is 5.75 Å². The van der Waals surface area contributed by atoms with Gasteiger partial charge in [-0.15, -0.1) is 0 Å². The van der Waals surface area contributed by atoms with Gasteiger partial charge in [-0.2, -0.15) is 8.42 Å². The van der Waals surface area contributed by atoms with Crippen molar-refractivity contribution in [3.63, 3.8) is 0 Å². The molecule has 9 heteroatoms.